The van der Waals surface area contributed by atoms with Crippen molar-refractivity contribution in [3.8, 4) is 0 Å². The van der Waals surface area contributed by atoms with Crippen LogP contribution in [0.2, 0.25) is 0 Å². The fourth-order valence-corrected chi connectivity index (χ4v) is 2.75. The molecule has 0 heteroatoms. The zero-order valence-electron chi connectivity index (χ0n) is 14.0. The van der Waals surface area contributed by atoms with Crippen LogP contribution in [0.3, 0.4) is 0 Å². The van der Waals surface area contributed by atoms with Gasteiger partial charge in [0.2, 0.25) is 0 Å². The smallest absolute Gasteiger partial charge is 0.0329 e. The first-order chi connectivity index (χ1) is 8.44. The Kier molecular flexibility index (Phi) is 9.87. The van der Waals surface area contributed by atoms with E-state index in [1.807, 2.05) is 0 Å². The van der Waals surface area contributed by atoms with E-state index in [0.29, 0.717) is 5.41 Å². The fraction of sp³-hybridized carbons (Fsp3) is 1.00. The van der Waals surface area contributed by atoms with Gasteiger partial charge in [0.25, 0.3) is 0 Å². The standard InChI is InChI=1S/C18H38/c1-7-9-12-16(3)13-11-15-18(5,6)17(4)14-10-8-2/h16-17H,7-15H2,1-6H3. The van der Waals surface area contributed by atoms with E-state index in [1.54, 1.807) is 0 Å². The molecule has 0 amide bonds. The molecule has 0 bridgehead atoms. The average Bonchev–Trinajstić information content (AvgIpc) is 2.33. The van der Waals surface area contributed by atoms with Gasteiger partial charge in [0.05, 0.1) is 0 Å². The van der Waals surface area contributed by atoms with Crippen molar-refractivity contribution in [1.29, 1.82) is 0 Å². The molecule has 0 aromatic carbocycles. The first-order valence-corrected chi connectivity index (χ1v) is 8.44. The van der Waals surface area contributed by atoms with Gasteiger partial charge in [0, 0.05) is 0 Å². The molecule has 0 nitrogen and oxygen atoms in total. The molecule has 0 fully saturated rings. The third-order valence-corrected chi connectivity index (χ3v) is 4.89. The molecular weight excluding hydrogens is 216 g/mol. The van der Waals surface area contributed by atoms with Crippen LogP contribution in [0, 0.1) is 17.3 Å². The van der Waals surface area contributed by atoms with Crippen molar-refractivity contribution in [3.63, 3.8) is 0 Å². The van der Waals surface area contributed by atoms with Crippen LogP contribution in [-0.2, 0) is 0 Å². The van der Waals surface area contributed by atoms with Crippen LogP contribution in [0.4, 0.5) is 0 Å². The predicted molar refractivity (Wildman–Crippen MR) is 85.0 cm³/mol. The summed E-state index contributed by atoms with van der Waals surface area (Å²) in [6.45, 7) is 14.4. The third-order valence-electron chi connectivity index (χ3n) is 4.89. The van der Waals surface area contributed by atoms with Crippen LogP contribution in [0.5, 0.6) is 0 Å². The molecule has 0 aromatic rings. The molecule has 0 aliphatic heterocycles. The number of rotatable bonds is 11. The largest absolute Gasteiger partial charge is 0.0654 e. The van der Waals surface area contributed by atoms with Crippen molar-refractivity contribution >= 4 is 0 Å². The lowest BCUT2D eigenvalue weighted by Crippen LogP contribution is -2.21. The third kappa shape index (κ3) is 8.16. The minimum atomic E-state index is 0.541. The summed E-state index contributed by atoms with van der Waals surface area (Å²) in [6.07, 6.45) is 12.6. The van der Waals surface area contributed by atoms with Gasteiger partial charge in [-0.05, 0) is 23.7 Å². The summed E-state index contributed by atoms with van der Waals surface area (Å²) < 4.78 is 0. The first-order valence-electron chi connectivity index (χ1n) is 8.44. The summed E-state index contributed by atoms with van der Waals surface area (Å²) in [5.74, 6) is 1.81. The highest BCUT2D eigenvalue weighted by Crippen LogP contribution is 2.36. The fourth-order valence-electron chi connectivity index (χ4n) is 2.75. The average molecular weight is 255 g/mol. The summed E-state index contributed by atoms with van der Waals surface area (Å²) in [5, 5.41) is 0. The Morgan fingerprint density at radius 2 is 1.28 bits per heavy atom. The van der Waals surface area contributed by atoms with E-state index < -0.39 is 0 Å². The Morgan fingerprint density at radius 3 is 1.83 bits per heavy atom. The number of hydrogen-bond acceptors (Lipinski definition) is 0. The quantitative estimate of drug-likeness (QED) is 0.379. The molecule has 2 atom stereocenters. The predicted octanol–water partition coefficient (Wildman–Crippen LogP) is 6.84. The second-order valence-electron chi connectivity index (χ2n) is 7.17. The molecule has 0 heterocycles. The van der Waals surface area contributed by atoms with Crippen LogP contribution in [0.25, 0.3) is 0 Å². The minimum absolute atomic E-state index is 0.541. The summed E-state index contributed by atoms with van der Waals surface area (Å²) in [5.41, 5.74) is 0.541. The van der Waals surface area contributed by atoms with E-state index in [2.05, 4.69) is 41.5 Å². The normalized spacial score (nSPS) is 15.7. The molecule has 2 unspecified atom stereocenters. The molecular formula is C18H38. The Morgan fingerprint density at radius 1 is 0.778 bits per heavy atom. The lowest BCUT2D eigenvalue weighted by molar-refractivity contribution is 0.187. The van der Waals surface area contributed by atoms with E-state index in [1.165, 1.54) is 57.8 Å². The van der Waals surface area contributed by atoms with E-state index >= 15 is 0 Å². The van der Waals surface area contributed by atoms with Crippen molar-refractivity contribution in [3.05, 3.63) is 0 Å². The molecule has 18 heavy (non-hydrogen) atoms. The van der Waals surface area contributed by atoms with Crippen molar-refractivity contribution in [2.24, 2.45) is 17.3 Å². The van der Waals surface area contributed by atoms with Gasteiger partial charge in [-0.15, -0.1) is 0 Å². The van der Waals surface area contributed by atoms with Gasteiger partial charge in [-0.1, -0.05) is 92.9 Å². The van der Waals surface area contributed by atoms with Crippen LogP contribution in [0.15, 0.2) is 0 Å². The Balaban J connectivity index is 3.81. The van der Waals surface area contributed by atoms with Crippen molar-refractivity contribution in [2.45, 2.75) is 99.3 Å². The molecule has 0 spiro atoms. The van der Waals surface area contributed by atoms with Crippen molar-refractivity contribution < 1.29 is 0 Å². The van der Waals surface area contributed by atoms with E-state index in [4.69, 9.17) is 0 Å². The Labute approximate surface area is 117 Å². The van der Waals surface area contributed by atoms with Crippen LogP contribution in [0.1, 0.15) is 99.3 Å². The molecule has 110 valence electrons. The van der Waals surface area contributed by atoms with Gasteiger partial charge in [0.1, 0.15) is 0 Å². The maximum atomic E-state index is 2.48. The monoisotopic (exact) mass is 254 g/mol. The summed E-state index contributed by atoms with van der Waals surface area (Å²) in [4.78, 5) is 0. The minimum Gasteiger partial charge on any atom is -0.0654 e. The lowest BCUT2D eigenvalue weighted by Gasteiger charge is -2.32. The van der Waals surface area contributed by atoms with Crippen LogP contribution in [-0.4, -0.2) is 0 Å². The highest BCUT2D eigenvalue weighted by atomic mass is 14.3. The molecule has 0 saturated carbocycles. The van der Waals surface area contributed by atoms with Gasteiger partial charge < -0.3 is 0 Å². The number of hydrogen-bond donors (Lipinski definition) is 0. The molecule has 0 N–H and O–H groups in total. The molecule has 0 radical (unpaired) electrons. The molecule has 0 aromatic heterocycles. The van der Waals surface area contributed by atoms with Crippen molar-refractivity contribution in [1.82, 2.24) is 0 Å². The van der Waals surface area contributed by atoms with Gasteiger partial charge in [-0.2, -0.15) is 0 Å². The number of unbranched alkanes of at least 4 members (excludes halogenated alkanes) is 2. The molecule has 0 aliphatic carbocycles. The topological polar surface area (TPSA) is 0 Å². The second kappa shape index (κ2) is 9.87. The SMILES string of the molecule is CCCCC(C)CCCC(C)(C)C(C)CCCC. The van der Waals surface area contributed by atoms with E-state index in [-0.39, 0.29) is 0 Å². The Hall–Kier alpha value is 0. The highest BCUT2D eigenvalue weighted by molar-refractivity contribution is 4.75. The van der Waals surface area contributed by atoms with Crippen molar-refractivity contribution in [2.75, 3.05) is 0 Å². The van der Waals surface area contributed by atoms with Gasteiger partial charge in [0.15, 0.2) is 0 Å². The maximum absolute atomic E-state index is 2.48. The zero-order valence-corrected chi connectivity index (χ0v) is 14.0. The second-order valence-corrected chi connectivity index (χ2v) is 7.17. The van der Waals surface area contributed by atoms with E-state index in [0.717, 1.165) is 11.8 Å². The maximum Gasteiger partial charge on any atom is -0.0329 e. The van der Waals surface area contributed by atoms with Gasteiger partial charge >= 0.3 is 0 Å². The summed E-state index contributed by atoms with van der Waals surface area (Å²) >= 11 is 0. The molecule has 0 saturated heterocycles. The Bertz CT molecular complexity index is 180. The lowest BCUT2D eigenvalue weighted by atomic mass is 9.73. The summed E-state index contributed by atoms with van der Waals surface area (Å²) in [6, 6.07) is 0. The van der Waals surface area contributed by atoms with Crippen LogP contribution >= 0.6 is 0 Å². The summed E-state index contributed by atoms with van der Waals surface area (Å²) in [7, 11) is 0. The van der Waals surface area contributed by atoms with Crippen LogP contribution < -0.4 is 0 Å². The zero-order chi connectivity index (χ0) is 14.0. The van der Waals surface area contributed by atoms with Gasteiger partial charge in [-0.3, -0.25) is 0 Å². The molecule has 0 aliphatic rings. The first kappa shape index (κ1) is 18.0. The molecule has 0 rings (SSSR count). The van der Waals surface area contributed by atoms with Gasteiger partial charge in [-0.25, -0.2) is 0 Å². The highest BCUT2D eigenvalue weighted by Gasteiger charge is 2.24. The van der Waals surface area contributed by atoms with E-state index in [9.17, 15) is 0 Å².